The van der Waals surface area contributed by atoms with Crippen molar-refractivity contribution in [1.82, 2.24) is 15.6 Å². The number of nitrogens with zero attached hydrogens (tertiary/aromatic N) is 1. The van der Waals surface area contributed by atoms with E-state index < -0.39 is 30.0 Å². The second kappa shape index (κ2) is 27.0. The second-order valence-corrected chi connectivity index (χ2v) is 12.3. The molecule has 0 saturated heterocycles. The van der Waals surface area contributed by atoms with Crippen LogP contribution in [0.5, 0.6) is 0 Å². The number of rotatable bonds is 25. The number of carbonyl (C=O) groups is 4. The number of pyridine rings is 1. The van der Waals surface area contributed by atoms with E-state index in [2.05, 4.69) is 83.3 Å². The van der Waals surface area contributed by atoms with Crippen LogP contribution in [0.15, 0.2) is 85.3 Å². The SMILES string of the molecule is CC/C=C\C/C=C\C/C=C\C/C=C\C/C=C\CCCC(=O)OSCCNC(=O)CCNC(=O)[C@H](OC(=O)c1cccnc1)C(C)(C)CO. The number of ether oxygens (including phenoxy) is 1. The molecule has 48 heavy (non-hydrogen) atoms. The van der Waals surface area contributed by atoms with Gasteiger partial charge in [-0.05, 0) is 57.1 Å². The van der Waals surface area contributed by atoms with Crippen LogP contribution in [0.25, 0.3) is 0 Å². The molecule has 0 spiro atoms. The van der Waals surface area contributed by atoms with E-state index >= 15 is 0 Å². The average Bonchev–Trinajstić information content (AvgIpc) is 3.08. The number of unbranched alkanes of at least 4 members (excludes halogenated alkanes) is 1. The number of aliphatic hydroxyl groups excluding tert-OH is 1. The Hall–Kier alpha value is -3.96. The normalized spacial score (nSPS) is 12.8. The summed E-state index contributed by atoms with van der Waals surface area (Å²) in [6, 6.07) is 3.08. The van der Waals surface area contributed by atoms with Gasteiger partial charge in [-0.2, -0.15) is 0 Å². The molecule has 3 N–H and O–H groups in total. The molecule has 0 radical (unpaired) electrons. The Balaban J connectivity index is 2.12. The molecule has 0 saturated carbocycles. The number of aliphatic hydroxyl groups is 1. The van der Waals surface area contributed by atoms with Gasteiger partial charge in [0.25, 0.3) is 5.91 Å². The highest BCUT2D eigenvalue weighted by atomic mass is 32.2. The lowest BCUT2D eigenvalue weighted by atomic mass is 9.86. The number of allylic oxidation sites excluding steroid dienone is 10. The number of esters is 1. The number of carbonyl (C=O) groups excluding carboxylic acids is 4. The summed E-state index contributed by atoms with van der Waals surface area (Å²) in [5.74, 6) is -1.58. The van der Waals surface area contributed by atoms with Gasteiger partial charge in [-0.1, -0.05) is 81.5 Å². The van der Waals surface area contributed by atoms with Crippen LogP contribution < -0.4 is 10.6 Å². The van der Waals surface area contributed by atoms with Gasteiger partial charge in [0.2, 0.25) is 5.91 Å². The maximum atomic E-state index is 12.8. The Morgan fingerprint density at radius 3 is 2.10 bits per heavy atom. The molecule has 1 atom stereocenters. The van der Waals surface area contributed by atoms with Gasteiger partial charge in [-0.15, -0.1) is 0 Å². The minimum atomic E-state index is -1.28. The molecule has 1 aromatic heterocycles. The summed E-state index contributed by atoms with van der Waals surface area (Å²) in [6.45, 7) is 5.21. The smallest absolute Gasteiger partial charge is 0.340 e. The molecule has 264 valence electrons. The maximum Gasteiger partial charge on any atom is 0.340 e. The fraction of sp³-hybridized carbons (Fsp3) is 0.486. The standard InChI is InChI=1S/C37H53N3O7S/c1-4-5-6-7-8-9-10-11-12-13-14-15-16-17-18-19-20-23-33(43)47-48-28-27-39-32(42)24-26-40-35(44)34(37(2,3)30-41)46-36(45)31-22-21-25-38-29-31/h5-6,8-9,11-12,14-15,17-18,21-22,25,29,34,41H,4,7,10,13,16,19-20,23-24,26-28,30H2,1-3H3,(H,39,42)(H,40,44)/b6-5-,9-8-,12-11-,15-14-,18-17-/t34-/m0/s1. The Labute approximate surface area is 290 Å². The van der Waals surface area contributed by atoms with Crippen LogP contribution in [-0.2, 0) is 23.3 Å². The number of hydrogen-bond acceptors (Lipinski definition) is 9. The molecule has 11 heteroatoms. The van der Waals surface area contributed by atoms with Crippen molar-refractivity contribution in [2.75, 3.05) is 25.4 Å². The van der Waals surface area contributed by atoms with Gasteiger partial charge in [0.1, 0.15) is 0 Å². The first kappa shape index (κ1) is 42.1. The molecule has 0 aliphatic rings. The van der Waals surface area contributed by atoms with Crippen LogP contribution >= 0.6 is 12.0 Å². The third-order valence-electron chi connectivity index (χ3n) is 6.70. The van der Waals surface area contributed by atoms with Crippen molar-refractivity contribution in [3.8, 4) is 0 Å². The van der Waals surface area contributed by atoms with Crippen molar-refractivity contribution in [3.05, 3.63) is 90.9 Å². The Bertz CT molecular complexity index is 1230. The lowest BCUT2D eigenvalue weighted by Gasteiger charge is -2.30. The summed E-state index contributed by atoms with van der Waals surface area (Å²) in [5, 5.41) is 15.0. The molecule has 1 aromatic rings. The highest BCUT2D eigenvalue weighted by Gasteiger charge is 2.38. The quantitative estimate of drug-likeness (QED) is 0.0464. The minimum Gasteiger partial charge on any atom is -0.448 e. The summed E-state index contributed by atoms with van der Waals surface area (Å²) in [4.78, 5) is 53.2. The van der Waals surface area contributed by atoms with Crippen LogP contribution in [0.2, 0.25) is 0 Å². The Kier molecular flexibility index (Phi) is 23.7. The van der Waals surface area contributed by atoms with Gasteiger partial charge in [0.05, 0.1) is 24.2 Å². The first-order valence-corrected chi connectivity index (χ1v) is 17.5. The fourth-order valence-corrected chi connectivity index (χ4v) is 4.39. The lowest BCUT2D eigenvalue weighted by molar-refractivity contribution is -0.138. The highest BCUT2D eigenvalue weighted by Crippen LogP contribution is 2.24. The topological polar surface area (TPSA) is 144 Å². The van der Waals surface area contributed by atoms with E-state index in [0.29, 0.717) is 18.6 Å². The van der Waals surface area contributed by atoms with E-state index in [4.69, 9.17) is 8.92 Å². The zero-order chi connectivity index (χ0) is 35.3. The van der Waals surface area contributed by atoms with E-state index in [0.717, 1.165) is 50.6 Å². The van der Waals surface area contributed by atoms with E-state index in [1.807, 2.05) is 0 Å². The summed E-state index contributed by atoms with van der Waals surface area (Å²) < 4.78 is 10.5. The Morgan fingerprint density at radius 1 is 0.896 bits per heavy atom. The van der Waals surface area contributed by atoms with Crippen molar-refractivity contribution in [3.63, 3.8) is 0 Å². The summed E-state index contributed by atoms with van der Waals surface area (Å²) in [7, 11) is 0. The van der Waals surface area contributed by atoms with E-state index in [9.17, 15) is 24.3 Å². The second-order valence-electron chi connectivity index (χ2n) is 11.4. The molecule has 1 rings (SSSR count). The predicted molar refractivity (Wildman–Crippen MR) is 192 cm³/mol. The summed E-state index contributed by atoms with van der Waals surface area (Å²) >= 11 is 0.985. The van der Waals surface area contributed by atoms with Crippen molar-refractivity contribution >= 4 is 35.8 Å². The van der Waals surface area contributed by atoms with Gasteiger partial charge < -0.3 is 24.7 Å². The van der Waals surface area contributed by atoms with Crippen LogP contribution in [0, 0.1) is 5.41 Å². The molecule has 0 aliphatic heterocycles. The molecule has 0 aliphatic carbocycles. The molecular formula is C37H53N3O7S. The number of nitrogens with one attached hydrogen (secondary N) is 2. The van der Waals surface area contributed by atoms with Crippen LogP contribution in [0.4, 0.5) is 0 Å². The molecule has 10 nitrogen and oxygen atoms in total. The molecule has 0 unspecified atom stereocenters. The molecule has 0 fully saturated rings. The van der Waals surface area contributed by atoms with Gasteiger partial charge in [0.15, 0.2) is 6.10 Å². The summed E-state index contributed by atoms with van der Waals surface area (Å²) in [6.07, 6.45) is 29.7. The van der Waals surface area contributed by atoms with Crippen molar-refractivity contribution in [1.29, 1.82) is 0 Å². The molecule has 2 amide bonds. The number of hydrogen-bond donors (Lipinski definition) is 3. The molecule has 0 aromatic carbocycles. The van der Waals surface area contributed by atoms with Gasteiger partial charge in [0, 0.05) is 49.5 Å². The lowest BCUT2D eigenvalue weighted by Crippen LogP contribution is -2.48. The fourth-order valence-electron chi connectivity index (χ4n) is 3.90. The number of amides is 2. The first-order chi connectivity index (χ1) is 23.2. The van der Waals surface area contributed by atoms with E-state index in [1.54, 1.807) is 19.9 Å². The summed E-state index contributed by atoms with van der Waals surface area (Å²) in [5.41, 5.74) is -0.887. The van der Waals surface area contributed by atoms with Crippen LogP contribution in [0.1, 0.15) is 88.9 Å². The van der Waals surface area contributed by atoms with Gasteiger partial charge in [-0.25, -0.2) is 4.79 Å². The largest absolute Gasteiger partial charge is 0.448 e. The van der Waals surface area contributed by atoms with Crippen molar-refractivity contribution in [2.45, 2.75) is 84.7 Å². The third-order valence-corrected chi connectivity index (χ3v) is 7.37. The minimum absolute atomic E-state index is 0.00514. The molecular weight excluding hydrogens is 630 g/mol. The average molecular weight is 684 g/mol. The van der Waals surface area contributed by atoms with Crippen LogP contribution in [0.3, 0.4) is 0 Å². The van der Waals surface area contributed by atoms with E-state index in [1.165, 1.54) is 18.5 Å². The molecule has 1 heterocycles. The maximum absolute atomic E-state index is 12.8. The Morgan fingerprint density at radius 2 is 1.52 bits per heavy atom. The first-order valence-electron chi connectivity index (χ1n) is 16.5. The van der Waals surface area contributed by atoms with Crippen molar-refractivity contribution in [2.24, 2.45) is 5.41 Å². The van der Waals surface area contributed by atoms with Gasteiger partial charge >= 0.3 is 11.9 Å². The molecule has 0 bridgehead atoms. The zero-order valence-electron chi connectivity index (χ0n) is 28.6. The predicted octanol–water partition coefficient (Wildman–Crippen LogP) is 6.36. The highest BCUT2D eigenvalue weighted by molar-refractivity contribution is 7.95. The van der Waals surface area contributed by atoms with Crippen LogP contribution in [-0.4, -0.2) is 65.4 Å². The van der Waals surface area contributed by atoms with Gasteiger partial charge in [-0.3, -0.25) is 19.4 Å². The number of aromatic nitrogens is 1. The van der Waals surface area contributed by atoms with Crippen molar-refractivity contribution < 1.29 is 33.2 Å². The zero-order valence-corrected chi connectivity index (χ0v) is 29.4. The third kappa shape index (κ3) is 21.0. The monoisotopic (exact) mass is 683 g/mol. The van der Waals surface area contributed by atoms with E-state index in [-0.39, 0.29) is 37.0 Å².